The van der Waals surface area contributed by atoms with E-state index in [-0.39, 0.29) is 12.2 Å². The molecule has 9 heteroatoms. The van der Waals surface area contributed by atoms with E-state index in [4.69, 9.17) is 23.2 Å². The highest BCUT2D eigenvalue weighted by atomic mass is 35.5. The highest BCUT2D eigenvalue weighted by Gasteiger charge is 2.41. The summed E-state index contributed by atoms with van der Waals surface area (Å²) in [5.41, 5.74) is 2.03. The Morgan fingerprint density at radius 2 is 1.76 bits per heavy atom. The van der Waals surface area contributed by atoms with E-state index in [1.165, 1.54) is 0 Å². The van der Waals surface area contributed by atoms with Crippen LogP contribution in [-0.2, 0) is 25.8 Å². The summed E-state index contributed by atoms with van der Waals surface area (Å²) in [6.45, 7) is 6.31. The summed E-state index contributed by atoms with van der Waals surface area (Å²) in [5.74, 6) is 0.294. The van der Waals surface area contributed by atoms with Crippen LogP contribution in [0.1, 0.15) is 42.3 Å². The molecule has 182 valence electrons. The smallest absolute Gasteiger partial charge is 0.312 e. The Hall–Kier alpha value is -2.22. The molecule has 0 amide bonds. The van der Waals surface area contributed by atoms with Crippen LogP contribution in [0.5, 0.6) is 0 Å². The van der Waals surface area contributed by atoms with Crippen molar-refractivity contribution in [3.8, 4) is 0 Å². The van der Waals surface area contributed by atoms with Gasteiger partial charge in [-0.15, -0.1) is 0 Å². The average molecular weight is 511 g/mol. The van der Waals surface area contributed by atoms with Crippen molar-refractivity contribution in [3.05, 3.63) is 75.0 Å². The number of hydrogen-bond donors (Lipinski definition) is 0. The van der Waals surface area contributed by atoms with Crippen molar-refractivity contribution in [1.82, 2.24) is 14.5 Å². The van der Waals surface area contributed by atoms with E-state index in [0.29, 0.717) is 54.3 Å². The fraction of sp³-hybridized carbons (Fsp3) is 0.400. The van der Waals surface area contributed by atoms with Gasteiger partial charge in [0, 0.05) is 31.2 Å². The van der Waals surface area contributed by atoms with Gasteiger partial charge in [0.15, 0.2) is 5.69 Å². The maximum atomic E-state index is 14.2. The maximum Gasteiger partial charge on any atom is 0.435 e. The Morgan fingerprint density at radius 1 is 1.03 bits per heavy atom. The number of anilines is 2. The first kappa shape index (κ1) is 24.9. The Morgan fingerprint density at radius 3 is 2.41 bits per heavy atom. The van der Waals surface area contributed by atoms with Crippen LogP contribution in [0.4, 0.5) is 24.8 Å². The second kappa shape index (κ2) is 10.2. The van der Waals surface area contributed by atoms with Gasteiger partial charge in [0.25, 0.3) is 0 Å². The third-order valence-corrected chi connectivity index (χ3v) is 6.51. The molecule has 0 unspecified atom stereocenters. The number of aryl methyl sites for hydroxylation is 1. The summed E-state index contributed by atoms with van der Waals surface area (Å²) in [6, 6.07) is 13.0. The molecule has 0 N–H and O–H groups in total. The third-order valence-electron chi connectivity index (χ3n) is 5.95. The van der Waals surface area contributed by atoms with Crippen LogP contribution in [-0.4, -0.2) is 27.5 Å². The number of nitrogens with zero attached hydrogens (tertiary/aromatic N) is 4. The molecule has 2 aromatic carbocycles. The summed E-state index contributed by atoms with van der Waals surface area (Å²) in [7, 11) is 0. The van der Waals surface area contributed by atoms with Crippen molar-refractivity contribution >= 4 is 34.8 Å². The van der Waals surface area contributed by atoms with Gasteiger partial charge in [-0.1, -0.05) is 48.3 Å². The van der Waals surface area contributed by atoms with Crippen molar-refractivity contribution in [2.24, 2.45) is 0 Å². The van der Waals surface area contributed by atoms with E-state index >= 15 is 0 Å². The molecule has 0 saturated carbocycles. The first-order valence-corrected chi connectivity index (χ1v) is 12.1. The van der Waals surface area contributed by atoms with E-state index in [1.54, 1.807) is 21.6 Å². The van der Waals surface area contributed by atoms with Gasteiger partial charge >= 0.3 is 6.18 Å². The summed E-state index contributed by atoms with van der Waals surface area (Å²) in [6.07, 6.45) is -3.04. The summed E-state index contributed by atoms with van der Waals surface area (Å²) < 4.78 is 44.2. The van der Waals surface area contributed by atoms with Crippen molar-refractivity contribution in [1.29, 1.82) is 0 Å². The molecule has 0 fully saturated rings. The summed E-state index contributed by atoms with van der Waals surface area (Å²) in [5, 5.41) is 1.13. The van der Waals surface area contributed by atoms with Crippen LogP contribution < -0.4 is 4.90 Å². The third kappa shape index (κ3) is 5.37. The Labute approximate surface area is 207 Å². The molecule has 4 rings (SSSR count). The second-order valence-electron chi connectivity index (χ2n) is 8.65. The molecule has 0 spiro atoms. The molecule has 0 bridgehead atoms. The van der Waals surface area contributed by atoms with E-state index in [2.05, 4.69) is 4.98 Å². The molecule has 0 radical (unpaired) electrons. The number of rotatable bonds is 7. The monoisotopic (exact) mass is 510 g/mol. The van der Waals surface area contributed by atoms with E-state index in [9.17, 15) is 13.2 Å². The lowest BCUT2D eigenvalue weighted by molar-refractivity contribution is -0.141. The van der Waals surface area contributed by atoms with E-state index in [1.807, 2.05) is 49.1 Å². The first-order chi connectivity index (χ1) is 16.2. The van der Waals surface area contributed by atoms with Gasteiger partial charge in [0.2, 0.25) is 5.95 Å². The second-order valence-corrected chi connectivity index (χ2v) is 9.50. The van der Waals surface area contributed by atoms with Crippen LogP contribution in [0.3, 0.4) is 0 Å². The number of halogens is 5. The first-order valence-electron chi connectivity index (χ1n) is 11.3. The standard InChI is InChI=1S/C25H27Cl2F3N4/c1-3-11-32(15-18-6-8-19(26)9-7-18)16-22-23(25(28,29)30)31-24-33(12-4-13-34(22)24)21-10-5-17(2)14-20(21)27/h5-10,14H,3-4,11-13,15-16H2,1-2H3. The summed E-state index contributed by atoms with van der Waals surface area (Å²) in [4.78, 5) is 7.96. The number of hydrogen-bond acceptors (Lipinski definition) is 3. The number of benzene rings is 2. The lowest BCUT2D eigenvalue weighted by Gasteiger charge is -2.31. The predicted octanol–water partition coefficient (Wildman–Crippen LogP) is 7.47. The zero-order chi connectivity index (χ0) is 24.5. The van der Waals surface area contributed by atoms with Gasteiger partial charge in [-0.3, -0.25) is 4.90 Å². The molecule has 1 aliphatic rings. The number of alkyl halides is 3. The van der Waals surface area contributed by atoms with E-state index in [0.717, 1.165) is 17.5 Å². The van der Waals surface area contributed by atoms with Gasteiger partial charge in [-0.2, -0.15) is 13.2 Å². The van der Waals surface area contributed by atoms with E-state index < -0.39 is 11.9 Å². The van der Waals surface area contributed by atoms with Gasteiger partial charge in [-0.05, 0) is 61.7 Å². The zero-order valence-electron chi connectivity index (χ0n) is 19.2. The lowest BCUT2D eigenvalue weighted by Crippen LogP contribution is -2.31. The van der Waals surface area contributed by atoms with Crippen molar-refractivity contribution in [2.45, 2.75) is 52.5 Å². The molecular formula is C25H27Cl2F3N4. The van der Waals surface area contributed by atoms with Crippen LogP contribution in [0.2, 0.25) is 10.0 Å². The Kier molecular flexibility index (Phi) is 7.45. The molecule has 0 atom stereocenters. The molecule has 3 aromatic rings. The van der Waals surface area contributed by atoms with Crippen molar-refractivity contribution in [3.63, 3.8) is 0 Å². The minimum atomic E-state index is -4.55. The Balaban J connectivity index is 1.73. The molecule has 34 heavy (non-hydrogen) atoms. The van der Waals surface area contributed by atoms with Gasteiger partial charge in [-0.25, -0.2) is 4.98 Å². The van der Waals surface area contributed by atoms with Crippen LogP contribution >= 0.6 is 23.2 Å². The SMILES string of the molecule is CCCN(Cc1ccc(Cl)cc1)Cc1c(C(F)(F)F)nc2n1CCCN2c1ccc(C)cc1Cl. The number of aromatic nitrogens is 2. The summed E-state index contributed by atoms with van der Waals surface area (Å²) >= 11 is 12.5. The van der Waals surface area contributed by atoms with Gasteiger partial charge < -0.3 is 9.47 Å². The number of imidazole rings is 1. The highest BCUT2D eigenvalue weighted by molar-refractivity contribution is 6.33. The minimum absolute atomic E-state index is 0.147. The topological polar surface area (TPSA) is 24.3 Å². The Bertz CT molecular complexity index is 1140. The quantitative estimate of drug-likeness (QED) is 0.329. The van der Waals surface area contributed by atoms with Crippen LogP contribution in [0, 0.1) is 6.92 Å². The fourth-order valence-corrected chi connectivity index (χ4v) is 4.90. The average Bonchev–Trinajstić information content (AvgIpc) is 3.15. The van der Waals surface area contributed by atoms with Crippen molar-refractivity contribution in [2.75, 3.05) is 18.0 Å². The fourth-order valence-electron chi connectivity index (χ4n) is 4.44. The van der Waals surface area contributed by atoms with Gasteiger partial charge in [0.1, 0.15) is 0 Å². The van der Waals surface area contributed by atoms with Crippen LogP contribution in [0.15, 0.2) is 42.5 Å². The normalized spacial score (nSPS) is 14.1. The lowest BCUT2D eigenvalue weighted by atomic mass is 10.2. The molecule has 2 heterocycles. The van der Waals surface area contributed by atoms with Crippen LogP contribution in [0.25, 0.3) is 0 Å². The van der Waals surface area contributed by atoms with Gasteiger partial charge in [0.05, 0.1) is 16.4 Å². The largest absolute Gasteiger partial charge is 0.435 e. The molecule has 0 aliphatic carbocycles. The number of fused-ring (bicyclic) bond motifs is 1. The minimum Gasteiger partial charge on any atom is -0.312 e. The molecule has 1 aliphatic heterocycles. The molecule has 4 nitrogen and oxygen atoms in total. The predicted molar refractivity (Wildman–Crippen MR) is 131 cm³/mol. The molecule has 1 aromatic heterocycles. The zero-order valence-corrected chi connectivity index (χ0v) is 20.7. The maximum absolute atomic E-state index is 14.2. The van der Waals surface area contributed by atoms with Crippen molar-refractivity contribution < 1.29 is 13.2 Å². The highest BCUT2D eigenvalue weighted by Crippen LogP contribution is 2.40. The molecular weight excluding hydrogens is 484 g/mol. The molecule has 0 saturated heterocycles.